The van der Waals surface area contributed by atoms with Crippen LogP contribution in [0.2, 0.25) is 62.5 Å². The molecule has 14 nitrogen and oxygen atoms in total. The molecule has 3 aliphatic heterocycles. The van der Waals surface area contributed by atoms with Gasteiger partial charge in [0, 0.05) is 53.7 Å². The number of nitrogens with zero attached hydrogens (tertiary/aromatic N) is 3. The topological polar surface area (TPSA) is 120 Å². The highest BCUT2D eigenvalue weighted by Crippen LogP contribution is 2.37. The van der Waals surface area contributed by atoms with E-state index < -0.39 is 51.6 Å². The van der Waals surface area contributed by atoms with Gasteiger partial charge in [-0.3, -0.25) is 4.57 Å². The van der Waals surface area contributed by atoms with Gasteiger partial charge >= 0.3 is 26.3 Å². The summed E-state index contributed by atoms with van der Waals surface area (Å²) in [7, 11) is -3.71. The van der Waals surface area contributed by atoms with E-state index >= 15 is 0 Å². The Bertz CT molecular complexity index is 1280. The van der Waals surface area contributed by atoms with E-state index in [1.807, 2.05) is 7.11 Å². The lowest BCUT2D eigenvalue weighted by Crippen LogP contribution is -2.63. The van der Waals surface area contributed by atoms with Crippen LogP contribution in [-0.2, 0) is 34.5 Å². The summed E-state index contributed by atoms with van der Waals surface area (Å²) in [5.41, 5.74) is 0. The molecule has 0 bridgehead atoms. The molecule has 0 amide bonds. The predicted octanol–water partition coefficient (Wildman–Crippen LogP) is 11.9. The first-order valence-electron chi connectivity index (χ1n) is 29.3. The smallest absolute Gasteiger partial charge is 0.416 e. The Morgan fingerprint density at radius 2 is 0.806 bits per heavy atom. The minimum atomic E-state index is -2.55. The highest BCUT2D eigenvalue weighted by Gasteiger charge is 2.55. The molecule has 0 saturated carbocycles. The van der Waals surface area contributed by atoms with Crippen molar-refractivity contribution in [2.24, 2.45) is 0 Å². The standard InChI is InChI=1S/C18H44N2O3Si2.C17H40N2O3Si2.C16H36N2O2Si2.CH4/c1-7-9-13-19-15-11-17-24(5,6)23-25(21-3,22-4)18-12-16-20-14-10-8-2;1-6-8-12-18-13-10-17-24(20-3,21-4)22-23(5)16-11-15-19(23)14-9-7-2;1-5-7-11-17-13-9-15-21(17,4)20-22(19-3)16-10-14-18(22)12-8-6-2;/h19-20H,7-18H2,1-6H3;18H,6-17H2,1-5H3;5-16H2,1-4H3;1H4. The molecule has 0 aromatic rings. The molecule has 72 heavy (non-hydrogen) atoms. The first-order valence-corrected chi connectivity index (χ1v) is 43.4. The fourth-order valence-electron chi connectivity index (χ4n) is 10.2. The van der Waals surface area contributed by atoms with Gasteiger partial charge in [-0.15, -0.1) is 0 Å². The summed E-state index contributed by atoms with van der Waals surface area (Å²) >= 11 is 0. The van der Waals surface area contributed by atoms with Gasteiger partial charge in [0.25, 0.3) is 17.0 Å². The van der Waals surface area contributed by atoms with Gasteiger partial charge in [0.2, 0.25) is 0 Å². The molecule has 3 atom stereocenters. The second-order valence-corrected chi connectivity index (χ2v) is 43.2. The van der Waals surface area contributed by atoms with E-state index in [-0.39, 0.29) is 7.43 Å². The molecule has 3 saturated heterocycles. The largest absolute Gasteiger partial charge is 0.490 e. The van der Waals surface area contributed by atoms with Gasteiger partial charge in [-0.05, 0) is 200 Å². The lowest BCUT2D eigenvalue weighted by molar-refractivity contribution is 0.147. The zero-order chi connectivity index (χ0) is 53.0. The maximum absolute atomic E-state index is 7.02. The van der Waals surface area contributed by atoms with Crippen molar-refractivity contribution >= 4 is 51.6 Å². The number of unbranched alkanes of at least 4 members (excludes halogenated alkanes) is 6. The molecule has 3 fully saturated rings. The summed E-state index contributed by atoms with van der Waals surface area (Å²) in [6.45, 7) is 36.4. The van der Waals surface area contributed by atoms with E-state index in [9.17, 15) is 0 Å². The van der Waals surface area contributed by atoms with Crippen LogP contribution >= 0.6 is 0 Å². The number of nitrogens with one attached hydrogen (secondary N) is 3. The van der Waals surface area contributed by atoms with E-state index in [4.69, 9.17) is 34.5 Å². The summed E-state index contributed by atoms with van der Waals surface area (Å²) in [4.78, 5) is 0. The molecule has 0 spiro atoms. The van der Waals surface area contributed by atoms with Crippen molar-refractivity contribution in [2.75, 3.05) is 114 Å². The minimum absolute atomic E-state index is 0. The third kappa shape index (κ3) is 27.6. The first-order chi connectivity index (χ1) is 34.1. The molecular weight excluding hydrogens is 1010 g/mol. The van der Waals surface area contributed by atoms with Crippen molar-refractivity contribution in [3.63, 3.8) is 0 Å². The Labute approximate surface area is 454 Å². The van der Waals surface area contributed by atoms with Gasteiger partial charge in [0.1, 0.15) is 0 Å². The summed E-state index contributed by atoms with van der Waals surface area (Å²) in [6, 6.07) is 6.59. The predicted molar refractivity (Wildman–Crippen MR) is 322 cm³/mol. The maximum atomic E-state index is 7.02. The van der Waals surface area contributed by atoms with Gasteiger partial charge < -0.3 is 59.6 Å². The molecule has 0 aromatic carbocycles. The second kappa shape index (κ2) is 41.7. The third-order valence-electron chi connectivity index (χ3n) is 14.9. The number of hydrogen-bond donors (Lipinski definition) is 3. The molecule has 20 heteroatoms. The van der Waals surface area contributed by atoms with Crippen molar-refractivity contribution in [2.45, 2.75) is 227 Å². The second-order valence-electron chi connectivity index (χ2n) is 21.5. The van der Waals surface area contributed by atoms with Gasteiger partial charge in [-0.1, -0.05) is 87.5 Å². The Morgan fingerprint density at radius 3 is 1.24 bits per heavy atom. The molecule has 3 heterocycles. The SMILES string of the molecule is C.CCCCN1CCC[Si]1(C)O[Si]1(OC)CCCN1CCCC.CCCCNCCC[Si](C)(C)O[Si](CCCNCCCC)(OC)OC.CCCCNCCC[Si](OC)(OC)O[Si]1(C)CCCN1CCCC. The fourth-order valence-corrected chi connectivity index (χ4v) is 35.3. The molecule has 0 radical (unpaired) electrons. The van der Waals surface area contributed by atoms with Crippen LogP contribution in [0.5, 0.6) is 0 Å². The molecule has 0 aliphatic carbocycles. The van der Waals surface area contributed by atoms with Crippen LogP contribution in [-0.4, -0.2) is 179 Å². The summed E-state index contributed by atoms with van der Waals surface area (Å²) < 4.78 is 57.7. The Balaban J connectivity index is 0.00000104. The van der Waals surface area contributed by atoms with E-state index in [0.717, 1.165) is 89.4 Å². The van der Waals surface area contributed by atoms with Gasteiger partial charge in [0.05, 0.1) is 0 Å². The highest BCUT2D eigenvalue weighted by atomic mass is 28.5. The van der Waals surface area contributed by atoms with Gasteiger partial charge in [-0.2, -0.15) is 0 Å². The van der Waals surface area contributed by atoms with Crippen molar-refractivity contribution in [1.82, 2.24) is 29.6 Å². The summed E-state index contributed by atoms with van der Waals surface area (Å²) in [5.74, 6) is 0. The quantitative estimate of drug-likeness (QED) is 0.0398. The zero-order valence-corrected chi connectivity index (χ0v) is 55.6. The molecule has 3 N–H and O–H groups in total. The third-order valence-corrected chi connectivity index (χ3v) is 39.5. The average Bonchev–Trinajstić information content (AvgIpc) is 4.06. The Morgan fingerprint density at radius 1 is 0.444 bits per heavy atom. The van der Waals surface area contributed by atoms with E-state index in [0.29, 0.717) is 0 Å². The molecule has 3 rings (SSSR count). The van der Waals surface area contributed by atoms with Crippen LogP contribution in [0.4, 0.5) is 0 Å². The molecule has 434 valence electrons. The summed E-state index contributed by atoms with van der Waals surface area (Å²) in [5, 5.41) is 10.5. The number of hydrogen-bond acceptors (Lipinski definition) is 14. The highest BCUT2D eigenvalue weighted by molar-refractivity contribution is 6.82. The number of rotatable bonds is 41. The fraction of sp³-hybridized carbons (Fsp3) is 1.00. The molecule has 3 aliphatic rings. The van der Waals surface area contributed by atoms with Crippen molar-refractivity contribution in [3.8, 4) is 0 Å². The van der Waals surface area contributed by atoms with Crippen molar-refractivity contribution in [3.05, 3.63) is 0 Å². The van der Waals surface area contributed by atoms with E-state index in [2.05, 4.69) is 97.4 Å². The molecular formula is C52H124N6O8Si6. The normalized spacial score (nSPS) is 22.2. The molecule has 0 aromatic heterocycles. The monoisotopic (exact) mass is 1130 g/mol. The Hall–Kier alpha value is 0.741. The lowest BCUT2D eigenvalue weighted by atomic mass is 10.3. The van der Waals surface area contributed by atoms with Crippen LogP contribution in [0.15, 0.2) is 0 Å². The lowest BCUT2D eigenvalue weighted by Gasteiger charge is -2.42. The zero-order valence-electron chi connectivity index (χ0n) is 49.6. The first kappa shape index (κ1) is 72.7. The van der Waals surface area contributed by atoms with Crippen LogP contribution in [0, 0.1) is 0 Å². The Kier molecular flexibility index (Phi) is 42.2. The summed E-state index contributed by atoms with van der Waals surface area (Å²) in [6.07, 6.45) is 22.1. The maximum Gasteiger partial charge on any atom is 0.490 e. The average molecular weight is 1130 g/mol. The van der Waals surface area contributed by atoms with Crippen molar-refractivity contribution in [1.29, 1.82) is 0 Å². The van der Waals surface area contributed by atoms with Gasteiger partial charge in [0.15, 0.2) is 8.32 Å². The van der Waals surface area contributed by atoms with Crippen molar-refractivity contribution < 1.29 is 34.5 Å². The van der Waals surface area contributed by atoms with Crippen LogP contribution in [0.25, 0.3) is 0 Å². The minimum Gasteiger partial charge on any atom is -0.416 e. The van der Waals surface area contributed by atoms with Crippen LogP contribution in [0.1, 0.15) is 165 Å². The van der Waals surface area contributed by atoms with Gasteiger partial charge in [-0.25, -0.2) is 0 Å². The van der Waals surface area contributed by atoms with E-state index in [1.165, 1.54) is 141 Å². The van der Waals surface area contributed by atoms with Crippen LogP contribution < -0.4 is 16.0 Å². The van der Waals surface area contributed by atoms with Crippen LogP contribution in [0.3, 0.4) is 0 Å². The molecule has 3 unspecified atom stereocenters. The van der Waals surface area contributed by atoms with E-state index in [1.54, 1.807) is 28.4 Å².